The van der Waals surface area contributed by atoms with Crippen molar-refractivity contribution < 1.29 is 1.37 Å². The number of fused-ring (bicyclic) bond motifs is 2. The lowest BCUT2D eigenvalue weighted by Gasteiger charge is -2.27. The van der Waals surface area contributed by atoms with Crippen molar-refractivity contribution in [3.05, 3.63) is 48.5 Å². The van der Waals surface area contributed by atoms with Gasteiger partial charge in [0.2, 0.25) is 0 Å². The van der Waals surface area contributed by atoms with Crippen LogP contribution in [0.1, 0.15) is 1.37 Å². The van der Waals surface area contributed by atoms with Crippen LogP contribution in [0.4, 0.5) is 0 Å². The van der Waals surface area contributed by atoms with E-state index >= 15 is 0 Å². The Hall–Kier alpha value is -0.860. The monoisotopic (exact) mass is 233 g/mol. The third-order valence-electron chi connectivity index (χ3n) is 2.53. The van der Waals surface area contributed by atoms with Crippen molar-refractivity contribution in [1.82, 2.24) is 0 Å². The molecule has 2 aromatic carbocycles. The molecule has 0 spiro atoms. The molecule has 0 saturated heterocycles. The molecule has 0 saturated carbocycles. The Bertz CT molecular complexity index is 479. The van der Waals surface area contributed by atoms with Gasteiger partial charge in [-0.05, 0) is 30.5 Å². The number of hydrogen-bond acceptors (Lipinski definition) is 1. The predicted molar refractivity (Wildman–Crippen MR) is 68.4 cm³/mol. The topological polar surface area (TPSA) is 0 Å². The Morgan fingerprint density at radius 2 is 1.47 bits per heavy atom. The summed E-state index contributed by atoms with van der Waals surface area (Å²) in [4.78, 5) is 5.41. The van der Waals surface area contributed by atoms with Gasteiger partial charge in [0, 0.05) is 21.0 Å². The molecule has 0 amide bonds. The molecule has 0 fully saturated rings. The Kier molecular flexibility index (Phi) is 2.00. The summed E-state index contributed by atoms with van der Waals surface area (Å²) in [6.07, 6.45) is 0.490. The lowest BCUT2D eigenvalue weighted by atomic mass is 10.3. The van der Waals surface area contributed by atoms with Crippen LogP contribution in [0.5, 0.6) is 0 Å². The van der Waals surface area contributed by atoms with Gasteiger partial charge in [0.1, 0.15) is 0 Å². The Morgan fingerprint density at radius 3 is 2.00 bits per heavy atom. The van der Waals surface area contributed by atoms with Gasteiger partial charge in [-0.1, -0.05) is 36.0 Å². The summed E-state index contributed by atoms with van der Waals surface area (Å²) in [5, 5.41) is 0. The first-order chi connectivity index (χ1) is 7.90. The molecule has 0 aliphatic carbocycles. The van der Waals surface area contributed by atoms with Crippen molar-refractivity contribution in [2.24, 2.45) is 0 Å². The molecule has 76 valence electrons. The summed E-state index contributed by atoms with van der Waals surface area (Å²) in [5.74, 6) is 0. The molecule has 3 rings (SSSR count). The molecule has 2 heteroatoms. The Morgan fingerprint density at radius 1 is 0.933 bits per heavy atom. The van der Waals surface area contributed by atoms with Gasteiger partial charge < -0.3 is 0 Å². The summed E-state index contributed by atoms with van der Waals surface area (Å²) in [5.41, 5.74) is 0. The number of hydrogen-bond donors (Lipinski definition) is 1. The molecule has 1 aliphatic rings. The quantitative estimate of drug-likeness (QED) is 0.665. The van der Waals surface area contributed by atoms with Crippen molar-refractivity contribution in [3.63, 3.8) is 0 Å². The molecule has 0 N–H and O–H groups in total. The number of thiol groups is 1. The van der Waals surface area contributed by atoms with E-state index in [1.165, 1.54) is 19.6 Å². The zero-order valence-corrected chi connectivity index (χ0v) is 9.89. The normalized spacial score (nSPS) is 16.5. The molecule has 0 bridgehead atoms. The summed E-state index contributed by atoms with van der Waals surface area (Å²) in [6.45, 7) is 0. The van der Waals surface area contributed by atoms with Crippen LogP contribution in [0.2, 0.25) is 0 Å². The largest absolute Gasteiger partial charge is 0.201 e. The molecule has 0 nitrogen and oxygen atoms in total. The van der Waals surface area contributed by atoms with E-state index in [4.69, 9.17) is 1.37 Å². The van der Waals surface area contributed by atoms with Gasteiger partial charge >= 0.3 is 0 Å². The fourth-order valence-electron chi connectivity index (χ4n) is 1.78. The molecule has 0 atom stereocenters. The second kappa shape index (κ2) is 3.62. The van der Waals surface area contributed by atoms with Gasteiger partial charge in [-0.2, -0.15) is 0 Å². The van der Waals surface area contributed by atoms with E-state index in [1.54, 1.807) is 0 Å². The molecule has 0 aromatic heterocycles. The molecule has 1 heterocycles. The van der Waals surface area contributed by atoms with E-state index in [-0.39, 0.29) is 0 Å². The summed E-state index contributed by atoms with van der Waals surface area (Å²) < 4.78 is 7.78. The average Bonchev–Trinajstić information content (AvgIpc) is 2.36. The second-order valence-electron chi connectivity index (χ2n) is 3.47. The summed E-state index contributed by atoms with van der Waals surface area (Å²) >= 11 is 1.83. The van der Waals surface area contributed by atoms with Gasteiger partial charge in [0.05, 0.1) is 0 Å². The third-order valence-corrected chi connectivity index (χ3v) is 5.93. The number of benzene rings is 2. The Balaban J connectivity index is 2.19. The minimum atomic E-state index is -0.455. The molecular formula is C13H12S2. The SMILES string of the molecule is [2H]C[SH]1c2ccccc2Sc2ccccc21. The van der Waals surface area contributed by atoms with E-state index in [9.17, 15) is 0 Å². The van der Waals surface area contributed by atoms with Gasteiger partial charge in [0.15, 0.2) is 0 Å². The summed E-state index contributed by atoms with van der Waals surface area (Å²) in [6, 6.07) is 17.0. The fourth-order valence-corrected chi connectivity index (χ4v) is 5.06. The fraction of sp³-hybridized carbons (Fsp3) is 0.0769. The zero-order valence-electron chi connectivity index (χ0n) is 9.18. The van der Waals surface area contributed by atoms with Crippen LogP contribution in [0.25, 0.3) is 0 Å². The third kappa shape index (κ3) is 1.48. The first-order valence-electron chi connectivity index (χ1n) is 5.53. The van der Waals surface area contributed by atoms with Crippen LogP contribution in [0.15, 0.2) is 68.1 Å². The maximum Gasteiger partial charge on any atom is 0.0332 e. The van der Waals surface area contributed by atoms with Crippen LogP contribution in [-0.2, 0) is 0 Å². The highest BCUT2D eigenvalue weighted by atomic mass is 32.2. The lowest BCUT2D eigenvalue weighted by molar-refractivity contribution is 1.14. The van der Waals surface area contributed by atoms with Crippen molar-refractivity contribution in [3.8, 4) is 0 Å². The van der Waals surface area contributed by atoms with Crippen LogP contribution >= 0.6 is 22.7 Å². The highest BCUT2D eigenvalue weighted by Crippen LogP contribution is 2.55. The zero-order chi connectivity index (χ0) is 11.0. The maximum atomic E-state index is 7.78. The van der Waals surface area contributed by atoms with Crippen molar-refractivity contribution >= 4 is 22.7 Å². The summed E-state index contributed by atoms with van der Waals surface area (Å²) in [7, 11) is -0.455. The van der Waals surface area contributed by atoms with Crippen molar-refractivity contribution in [2.75, 3.05) is 6.23 Å². The first-order valence-corrected chi connectivity index (χ1v) is 7.17. The minimum absolute atomic E-state index is 0.455. The predicted octanol–water partition coefficient (Wildman–Crippen LogP) is 4.20. The Labute approximate surface area is 98.5 Å². The van der Waals surface area contributed by atoms with E-state index in [0.717, 1.165) is 0 Å². The smallest absolute Gasteiger partial charge is 0.0332 e. The molecule has 0 radical (unpaired) electrons. The molecular weight excluding hydrogens is 220 g/mol. The highest BCUT2D eigenvalue weighted by Gasteiger charge is 2.18. The van der Waals surface area contributed by atoms with Crippen LogP contribution in [-0.4, -0.2) is 6.23 Å². The van der Waals surface area contributed by atoms with E-state index < -0.39 is 10.9 Å². The molecule has 0 unspecified atom stereocenters. The van der Waals surface area contributed by atoms with E-state index in [2.05, 4.69) is 48.5 Å². The standard InChI is InChI=1S/C13H12S2/c1-15-12-8-4-2-6-10(12)14-11-7-3-5-9-13(11)15/h2-9,15H,1H3/i1D. The molecule has 15 heavy (non-hydrogen) atoms. The second-order valence-corrected chi connectivity index (χ2v) is 6.37. The van der Waals surface area contributed by atoms with Crippen LogP contribution < -0.4 is 0 Å². The number of rotatable bonds is 0. The minimum Gasteiger partial charge on any atom is -0.201 e. The van der Waals surface area contributed by atoms with Gasteiger partial charge in [-0.3, -0.25) is 0 Å². The average molecular weight is 233 g/mol. The van der Waals surface area contributed by atoms with Gasteiger partial charge in [0.25, 0.3) is 0 Å². The maximum absolute atomic E-state index is 7.78. The van der Waals surface area contributed by atoms with Gasteiger partial charge in [-0.15, -0.1) is 0 Å². The van der Waals surface area contributed by atoms with Crippen LogP contribution in [0.3, 0.4) is 0 Å². The highest BCUT2D eigenvalue weighted by molar-refractivity contribution is 8.18. The van der Waals surface area contributed by atoms with E-state index in [1.807, 2.05) is 11.8 Å². The lowest BCUT2D eigenvalue weighted by Crippen LogP contribution is -1.94. The van der Waals surface area contributed by atoms with Crippen molar-refractivity contribution in [2.45, 2.75) is 19.6 Å². The molecule has 1 aliphatic heterocycles. The molecule has 2 aromatic rings. The van der Waals surface area contributed by atoms with Crippen LogP contribution in [0, 0.1) is 0 Å². The van der Waals surface area contributed by atoms with E-state index in [0.29, 0.717) is 6.23 Å². The van der Waals surface area contributed by atoms with Gasteiger partial charge in [-0.25, -0.2) is 10.9 Å². The first kappa shape index (κ1) is 8.31. The van der Waals surface area contributed by atoms with Crippen molar-refractivity contribution in [1.29, 1.82) is 0 Å².